The lowest BCUT2D eigenvalue weighted by atomic mass is 10.2. The minimum Gasteiger partial charge on any atom is -0.382 e. The zero-order valence-electron chi connectivity index (χ0n) is 18.2. The van der Waals surface area contributed by atoms with Crippen LogP contribution in [0, 0.1) is 20.2 Å². The van der Waals surface area contributed by atoms with Crippen LogP contribution < -0.4 is 5.32 Å². The Morgan fingerprint density at radius 2 is 1.06 bits per heavy atom. The van der Waals surface area contributed by atoms with E-state index in [-0.39, 0.29) is 30.2 Å². The molecule has 0 fully saturated rings. The van der Waals surface area contributed by atoms with Crippen molar-refractivity contribution >= 4 is 17.1 Å². The summed E-state index contributed by atoms with van der Waals surface area (Å²) >= 11 is 0. The first-order valence-corrected chi connectivity index (χ1v) is 10.1. The van der Waals surface area contributed by atoms with Gasteiger partial charge in [-0.1, -0.05) is 0 Å². The van der Waals surface area contributed by atoms with Gasteiger partial charge in [-0.2, -0.15) is 0 Å². The third-order valence-corrected chi connectivity index (χ3v) is 3.88. The summed E-state index contributed by atoms with van der Waals surface area (Å²) in [6.45, 7) is 4.94. The highest BCUT2D eigenvalue weighted by Crippen LogP contribution is 2.33. The average molecular weight is 461 g/mol. The molecule has 0 spiro atoms. The lowest BCUT2D eigenvalue weighted by Gasteiger charge is -2.09. The Morgan fingerprint density at radius 3 is 1.44 bits per heavy atom. The smallest absolute Gasteiger partial charge is 0.299 e. The van der Waals surface area contributed by atoms with Crippen LogP contribution in [0.2, 0.25) is 0 Å². The second-order valence-electron chi connectivity index (χ2n) is 6.17. The molecular weight excluding hydrogens is 430 g/mol. The number of ether oxygens (including phenoxy) is 6. The second kappa shape index (κ2) is 18.2. The predicted octanol–water partition coefficient (Wildman–Crippen LogP) is 1.64. The lowest BCUT2D eigenvalue weighted by Crippen LogP contribution is -2.15. The largest absolute Gasteiger partial charge is 0.382 e. The van der Waals surface area contributed by atoms with Crippen molar-refractivity contribution in [3.63, 3.8) is 0 Å². The number of para-hydroxylation sites is 1. The standard InChI is InChI=1S/C19H31N3O10/c1-27-7-8-29-11-12-31-15-16-32-14-13-30-10-9-28-6-5-20-19-17(21(23)24)3-2-4-18(19)22(25)26/h2-4,20H,5-16H2,1H3. The quantitative estimate of drug-likeness (QED) is 0.161. The molecule has 182 valence electrons. The van der Waals surface area contributed by atoms with E-state index in [9.17, 15) is 20.2 Å². The van der Waals surface area contributed by atoms with Crippen LogP contribution in [0.4, 0.5) is 17.1 Å². The van der Waals surface area contributed by atoms with Gasteiger partial charge >= 0.3 is 0 Å². The van der Waals surface area contributed by atoms with Gasteiger partial charge in [-0.25, -0.2) is 0 Å². The van der Waals surface area contributed by atoms with E-state index in [2.05, 4.69) is 5.32 Å². The molecule has 0 aromatic heterocycles. The number of nitrogens with one attached hydrogen (secondary N) is 1. The maximum Gasteiger partial charge on any atom is 0.299 e. The number of nitrogens with zero attached hydrogens (tertiary/aromatic N) is 2. The molecular formula is C19H31N3O10. The Hall–Kier alpha value is -2.42. The topological polar surface area (TPSA) is 154 Å². The van der Waals surface area contributed by atoms with Gasteiger partial charge < -0.3 is 33.7 Å². The van der Waals surface area contributed by atoms with Gasteiger partial charge in [0.25, 0.3) is 11.4 Å². The normalized spacial score (nSPS) is 10.9. The van der Waals surface area contributed by atoms with E-state index < -0.39 is 9.85 Å². The lowest BCUT2D eigenvalue weighted by molar-refractivity contribution is -0.392. The molecule has 1 rings (SSSR count). The third kappa shape index (κ3) is 12.4. The van der Waals surface area contributed by atoms with Crippen molar-refractivity contribution < 1.29 is 38.3 Å². The average Bonchev–Trinajstić information content (AvgIpc) is 2.78. The number of rotatable bonds is 21. The zero-order valence-corrected chi connectivity index (χ0v) is 18.2. The van der Waals surface area contributed by atoms with E-state index in [1.807, 2.05) is 0 Å². The van der Waals surface area contributed by atoms with E-state index in [0.717, 1.165) is 0 Å². The summed E-state index contributed by atoms with van der Waals surface area (Å²) in [5, 5.41) is 24.8. The van der Waals surface area contributed by atoms with Crippen LogP contribution in [-0.4, -0.2) is 96.2 Å². The molecule has 0 bridgehead atoms. The third-order valence-electron chi connectivity index (χ3n) is 3.88. The first kappa shape index (κ1) is 27.6. The number of hydrogen-bond donors (Lipinski definition) is 1. The van der Waals surface area contributed by atoms with Gasteiger partial charge in [0.15, 0.2) is 5.69 Å². The molecule has 0 saturated heterocycles. The minimum absolute atomic E-state index is 0.137. The maximum atomic E-state index is 11.1. The number of nitro benzene ring substituents is 2. The summed E-state index contributed by atoms with van der Waals surface area (Å²) in [6, 6.07) is 3.68. The van der Waals surface area contributed by atoms with Crippen LogP contribution in [0.15, 0.2) is 18.2 Å². The Bertz CT molecular complexity index is 630. The van der Waals surface area contributed by atoms with Crippen LogP contribution >= 0.6 is 0 Å². The van der Waals surface area contributed by atoms with Gasteiger partial charge in [-0.15, -0.1) is 0 Å². The minimum atomic E-state index is -0.670. The summed E-state index contributed by atoms with van der Waals surface area (Å²) in [6.07, 6.45) is 0. The van der Waals surface area contributed by atoms with Gasteiger partial charge in [-0.05, 0) is 6.07 Å². The van der Waals surface area contributed by atoms with Gasteiger partial charge in [0.1, 0.15) is 0 Å². The van der Waals surface area contributed by atoms with E-state index >= 15 is 0 Å². The van der Waals surface area contributed by atoms with Crippen molar-refractivity contribution in [1.82, 2.24) is 0 Å². The molecule has 0 radical (unpaired) electrons. The maximum absolute atomic E-state index is 11.1. The molecule has 0 aliphatic rings. The monoisotopic (exact) mass is 461 g/mol. The number of nitro groups is 2. The molecule has 1 aromatic carbocycles. The molecule has 13 heteroatoms. The number of hydrogen-bond acceptors (Lipinski definition) is 11. The van der Waals surface area contributed by atoms with Crippen LogP contribution in [0.1, 0.15) is 0 Å². The first-order chi connectivity index (χ1) is 15.6. The highest BCUT2D eigenvalue weighted by Gasteiger charge is 2.24. The van der Waals surface area contributed by atoms with E-state index in [1.165, 1.54) is 18.2 Å². The summed E-state index contributed by atoms with van der Waals surface area (Å²) in [4.78, 5) is 20.8. The molecule has 13 nitrogen and oxygen atoms in total. The highest BCUT2D eigenvalue weighted by atomic mass is 16.6. The predicted molar refractivity (Wildman–Crippen MR) is 114 cm³/mol. The number of benzene rings is 1. The van der Waals surface area contributed by atoms with Crippen molar-refractivity contribution in [2.24, 2.45) is 0 Å². The van der Waals surface area contributed by atoms with Crippen molar-refractivity contribution in [3.05, 3.63) is 38.4 Å². The fourth-order valence-corrected chi connectivity index (χ4v) is 2.39. The number of anilines is 1. The SMILES string of the molecule is COCCOCCOCCOCCOCCOCCNc1c([N+](=O)[O-])cccc1[N+](=O)[O-]. The molecule has 0 saturated carbocycles. The molecule has 1 aromatic rings. The fourth-order valence-electron chi connectivity index (χ4n) is 2.39. The van der Waals surface area contributed by atoms with Crippen molar-refractivity contribution in [2.45, 2.75) is 0 Å². The highest BCUT2D eigenvalue weighted by molar-refractivity contribution is 5.73. The first-order valence-electron chi connectivity index (χ1n) is 10.1. The van der Waals surface area contributed by atoms with Crippen LogP contribution in [0.3, 0.4) is 0 Å². The molecule has 1 N–H and O–H groups in total. The Kier molecular flexibility index (Phi) is 15.7. The summed E-state index contributed by atoms with van der Waals surface area (Å²) in [5.41, 5.74) is -0.853. The summed E-state index contributed by atoms with van der Waals surface area (Å²) in [7, 11) is 1.62. The fraction of sp³-hybridized carbons (Fsp3) is 0.684. The molecule has 0 heterocycles. The second-order valence-corrected chi connectivity index (χ2v) is 6.17. The summed E-state index contributed by atoms with van der Waals surface area (Å²) in [5.74, 6) is 0. The van der Waals surface area contributed by atoms with Gasteiger partial charge in [0, 0.05) is 25.8 Å². The Balaban J connectivity index is 1.98. The van der Waals surface area contributed by atoms with E-state index in [4.69, 9.17) is 28.4 Å². The van der Waals surface area contributed by atoms with Crippen molar-refractivity contribution in [3.8, 4) is 0 Å². The number of methoxy groups -OCH3 is 1. The van der Waals surface area contributed by atoms with Crippen molar-refractivity contribution in [1.29, 1.82) is 0 Å². The van der Waals surface area contributed by atoms with Gasteiger partial charge in [-0.3, -0.25) is 20.2 Å². The van der Waals surface area contributed by atoms with Crippen LogP contribution in [-0.2, 0) is 28.4 Å². The van der Waals surface area contributed by atoms with Crippen LogP contribution in [0.5, 0.6) is 0 Å². The van der Waals surface area contributed by atoms with Crippen molar-refractivity contribution in [2.75, 3.05) is 91.6 Å². The summed E-state index contributed by atoms with van der Waals surface area (Å²) < 4.78 is 31.5. The molecule has 0 aliphatic carbocycles. The molecule has 0 unspecified atom stereocenters. The van der Waals surface area contributed by atoms with E-state index in [0.29, 0.717) is 66.1 Å². The van der Waals surface area contributed by atoms with Gasteiger partial charge in [0.05, 0.1) is 82.5 Å². The molecule has 32 heavy (non-hydrogen) atoms. The molecule has 0 amide bonds. The molecule has 0 aliphatic heterocycles. The van der Waals surface area contributed by atoms with E-state index in [1.54, 1.807) is 7.11 Å². The zero-order chi connectivity index (χ0) is 23.4. The Morgan fingerprint density at radius 1 is 0.688 bits per heavy atom. The van der Waals surface area contributed by atoms with Gasteiger partial charge in [0.2, 0.25) is 0 Å². The Labute approximate surface area is 186 Å². The van der Waals surface area contributed by atoms with Crippen LogP contribution in [0.25, 0.3) is 0 Å². The molecule has 0 atom stereocenters.